The molecule has 3 heterocycles. The highest BCUT2D eigenvalue weighted by Crippen LogP contribution is 2.30. The van der Waals surface area contributed by atoms with Gasteiger partial charge >= 0.3 is 0 Å². The van der Waals surface area contributed by atoms with Crippen LogP contribution in [-0.2, 0) is 16.8 Å². The van der Waals surface area contributed by atoms with Gasteiger partial charge in [0, 0.05) is 19.5 Å². The number of piperidine rings is 1. The molecule has 7 nitrogen and oxygen atoms in total. The van der Waals surface area contributed by atoms with E-state index < -0.39 is 11.7 Å². The SMILES string of the molecule is CC(C)(O)c1cn(C2CCN(C(=O)[C@H]3Cc4ccccc4O3)CC2)nn1. The lowest BCUT2D eigenvalue weighted by atomic mass is 10.0. The Morgan fingerprint density at radius 2 is 2.00 bits per heavy atom. The summed E-state index contributed by atoms with van der Waals surface area (Å²) < 4.78 is 7.64. The number of rotatable bonds is 3. The van der Waals surface area contributed by atoms with E-state index in [2.05, 4.69) is 10.3 Å². The smallest absolute Gasteiger partial charge is 0.263 e. The van der Waals surface area contributed by atoms with Crippen molar-refractivity contribution >= 4 is 5.91 Å². The lowest BCUT2D eigenvalue weighted by Crippen LogP contribution is -2.45. The van der Waals surface area contributed by atoms with Crippen LogP contribution < -0.4 is 4.74 Å². The van der Waals surface area contributed by atoms with Gasteiger partial charge in [-0.25, -0.2) is 4.68 Å². The Kier molecular flexibility index (Phi) is 4.19. The zero-order valence-corrected chi connectivity index (χ0v) is 15.1. The number of nitrogens with zero attached hydrogens (tertiary/aromatic N) is 4. The zero-order valence-electron chi connectivity index (χ0n) is 15.1. The van der Waals surface area contributed by atoms with Crippen LogP contribution in [0.2, 0.25) is 0 Å². The third-order valence-electron chi connectivity index (χ3n) is 5.21. The van der Waals surface area contributed by atoms with Crippen LogP contribution in [0.3, 0.4) is 0 Å². The number of likely N-dealkylation sites (tertiary alicyclic amines) is 1. The summed E-state index contributed by atoms with van der Waals surface area (Å²) in [6.07, 6.45) is 3.68. The minimum absolute atomic E-state index is 0.0652. The Morgan fingerprint density at radius 1 is 1.27 bits per heavy atom. The second-order valence-electron chi connectivity index (χ2n) is 7.62. The van der Waals surface area contributed by atoms with Gasteiger partial charge in [-0.2, -0.15) is 0 Å². The van der Waals surface area contributed by atoms with Crippen molar-refractivity contribution in [2.45, 2.75) is 50.9 Å². The minimum atomic E-state index is -0.996. The third kappa shape index (κ3) is 3.19. The third-order valence-corrected chi connectivity index (χ3v) is 5.21. The Hall–Kier alpha value is -2.41. The molecular weight excluding hydrogens is 332 g/mol. The summed E-state index contributed by atoms with van der Waals surface area (Å²) in [5.74, 6) is 0.887. The predicted octanol–water partition coefficient (Wildman–Crippen LogP) is 1.67. The van der Waals surface area contributed by atoms with Gasteiger partial charge in [0.2, 0.25) is 0 Å². The van der Waals surface area contributed by atoms with E-state index in [1.54, 1.807) is 20.0 Å². The first-order valence-electron chi connectivity index (χ1n) is 9.10. The molecule has 0 unspecified atom stereocenters. The first kappa shape index (κ1) is 17.0. The van der Waals surface area contributed by atoms with Crippen molar-refractivity contribution in [3.05, 3.63) is 41.7 Å². The van der Waals surface area contributed by atoms with Crippen LogP contribution in [-0.4, -0.2) is 50.1 Å². The quantitative estimate of drug-likeness (QED) is 0.905. The monoisotopic (exact) mass is 356 g/mol. The summed E-state index contributed by atoms with van der Waals surface area (Å²) in [6, 6.07) is 8.03. The van der Waals surface area contributed by atoms with E-state index in [0.717, 1.165) is 24.2 Å². The second kappa shape index (κ2) is 6.39. The standard InChI is InChI=1S/C19H24N4O3/c1-19(2,25)17-12-23(21-20-17)14-7-9-22(10-8-14)18(24)16-11-13-5-3-4-6-15(13)26-16/h3-6,12,14,16,25H,7-11H2,1-2H3/t16-/m1/s1. The molecule has 1 fully saturated rings. The molecule has 1 aromatic carbocycles. The maximum Gasteiger partial charge on any atom is 0.263 e. The van der Waals surface area contributed by atoms with Crippen LogP contribution in [0.15, 0.2) is 30.5 Å². The average Bonchev–Trinajstić information content (AvgIpc) is 3.28. The summed E-state index contributed by atoms with van der Waals surface area (Å²) in [5, 5.41) is 18.3. The predicted molar refractivity (Wildman–Crippen MR) is 94.7 cm³/mol. The van der Waals surface area contributed by atoms with Crippen molar-refractivity contribution in [3.8, 4) is 5.75 Å². The number of fused-ring (bicyclic) bond motifs is 1. The van der Waals surface area contributed by atoms with Crippen LogP contribution in [0, 0.1) is 0 Å². The van der Waals surface area contributed by atoms with Crippen molar-refractivity contribution in [1.29, 1.82) is 0 Å². The first-order chi connectivity index (χ1) is 12.4. The van der Waals surface area contributed by atoms with Crippen molar-refractivity contribution in [3.63, 3.8) is 0 Å². The number of aromatic nitrogens is 3. The molecule has 1 aromatic heterocycles. The van der Waals surface area contributed by atoms with Gasteiger partial charge in [0.25, 0.3) is 5.91 Å². The molecule has 26 heavy (non-hydrogen) atoms. The largest absolute Gasteiger partial charge is 0.480 e. The lowest BCUT2D eigenvalue weighted by Gasteiger charge is -2.33. The molecule has 0 spiro atoms. The lowest BCUT2D eigenvalue weighted by molar-refractivity contribution is -0.139. The molecule has 0 radical (unpaired) electrons. The van der Waals surface area contributed by atoms with Gasteiger partial charge in [-0.15, -0.1) is 5.10 Å². The van der Waals surface area contributed by atoms with Gasteiger partial charge < -0.3 is 14.7 Å². The fourth-order valence-electron chi connectivity index (χ4n) is 3.61. The molecule has 2 aromatic rings. The van der Waals surface area contributed by atoms with Crippen LogP contribution in [0.4, 0.5) is 0 Å². The number of ether oxygens (including phenoxy) is 1. The van der Waals surface area contributed by atoms with Gasteiger partial charge in [0.1, 0.15) is 17.0 Å². The number of aliphatic hydroxyl groups is 1. The topological polar surface area (TPSA) is 80.5 Å². The number of amides is 1. The van der Waals surface area contributed by atoms with Gasteiger partial charge in [0.05, 0.1) is 12.2 Å². The maximum atomic E-state index is 12.8. The molecule has 0 saturated carbocycles. The van der Waals surface area contributed by atoms with Crippen LogP contribution in [0.25, 0.3) is 0 Å². The Balaban J connectivity index is 1.35. The van der Waals surface area contributed by atoms with Gasteiger partial charge in [0.15, 0.2) is 6.10 Å². The molecule has 7 heteroatoms. The highest BCUT2D eigenvalue weighted by Gasteiger charge is 2.34. The molecule has 1 atom stereocenters. The Bertz CT molecular complexity index is 778. The zero-order chi connectivity index (χ0) is 18.3. The van der Waals surface area contributed by atoms with E-state index in [9.17, 15) is 9.90 Å². The van der Waals surface area contributed by atoms with E-state index in [-0.39, 0.29) is 11.9 Å². The average molecular weight is 356 g/mol. The second-order valence-corrected chi connectivity index (χ2v) is 7.62. The van der Waals surface area contributed by atoms with Crippen molar-refractivity contribution in [2.24, 2.45) is 0 Å². The van der Waals surface area contributed by atoms with Crippen molar-refractivity contribution in [2.75, 3.05) is 13.1 Å². The van der Waals surface area contributed by atoms with Crippen molar-refractivity contribution < 1.29 is 14.6 Å². The van der Waals surface area contributed by atoms with E-state index in [4.69, 9.17) is 4.74 Å². The van der Waals surface area contributed by atoms with Crippen LogP contribution in [0.1, 0.15) is 44.0 Å². The molecule has 1 saturated heterocycles. The van der Waals surface area contributed by atoms with Gasteiger partial charge in [-0.3, -0.25) is 4.79 Å². The fourth-order valence-corrected chi connectivity index (χ4v) is 3.61. The molecule has 0 aliphatic carbocycles. The van der Waals surface area contributed by atoms with E-state index >= 15 is 0 Å². The summed E-state index contributed by atoms with van der Waals surface area (Å²) in [7, 11) is 0. The fraction of sp³-hybridized carbons (Fsp3) is 0.526. The van der Waals surface area contributed by atoms with E-state index in [1.165, 1.54) is 0 Å². The van der Waals surface area contributed by atoms with Gasteiger partial charge in [-0.1, -0.05) is 23.4 Å². The molecule has 2 aliphatic rings. The molecule has 138 valence electrons. The molecule has 0 bridgehead atoms. The highest BCUT2D eigenvalue weighted by atomic mass is 16.5. The molecule has 1 N–H and O–H groups in total. The molecule has 1 amide bonds. The number of para-hydroxylation sites is 1. The number of carbonyl (C=O) groups excluding carboxylic acids is 1. The molecule has 4 rings (SSSR count). The summed E-state index contributed by atoms with van der Waals surface area (Å²) in [5.41, 5.74) is 0.666. The van der Waals surface area contributed by atoms with Crippen LogP contribution in [0.5, 0.6) is 5.75 Å². The maximum absolute atomic E-state index is 12.8. The number of hydrogen-bond donors (Lipinski definition) is 1. The summed E-state index contributed by atoms with van der Waals surface area (Å²) in [4.78, 5) is 14.7. The number of carbonyl (C=O) groups is 1. The normalized spacial score (nSPS) is 20.7. The van der Waals surface area contributed by atoms with E-state index in [0.29, 0.717) is 25.2 Å². The van der Waals surface area contributed by atoms with Gasteiger partial charge in [-0.05, 0) is 38.3 Å². The molecular formula is C19H24N4O3. The Labute approximate surface area is 152 Å². The first-order valence-corrected chi connectivity index (χ1v) is 9.10. The number of benzene rings is 1. The minimum Gasteiger partial charge on any atom is -0.480 e. The summed E-state index contributed by atoms with van der Waals surface area (Å²) >= 11 is 0. The molecule has 2 aliphatic heterocycles. The Morgan fingerprint density at radius 3 is 2.65 bits per heavy atom. The van der Waals surface area contributed by atoms with E-state index in [1.807, 2.05) is 33.8 Å². The highest BCUT2D eigenvalue weighted by molar-refractivity contribution is 5.82. The summed E-state index contributed by atoms with van der Waals surface area (Å²) in [6.45, 7) is 4.75. The van der Waals surface area contributed by atoms with Crippen LogP contribution >= 0.6 is 0 Å². The van der Waals surface area contributed by atoms with Crippen molar-refractivity contribution in [1.82, 2.24) is 19.9 Å². The number of hydrogen-bond acceptors (Lipinski definition) is 5.